The number of hydrogen-bond acceptors (Lipinski definition) is 4. The average Bonchev–Trinajstić information content (AvgIpc) is 2.69. The molecule has 0 aromatic heterocycles. The van der Waals surface area contributed by atoms with E-state index in [-0.39, 0.29) is 12.5 Å². The van der Waals surface area contributed by atoms with Gasteiger partial charge in [0.05, 0.1) is 5.71 Å². The summed E-state index contributed by atoms with van der Waals surface area (Å²) in [5, 5.41) is 6.85. The van der Waals surface area contributed by atoms with Crippen LogP contribution in [0.4, 0.5) is 0 Å². The molecule has 1 amide bonds. The van der Waals surface area contributed by atoms with Crippen LogP contribution < -0.4 is 5.32 Å². The lowest BCUT2D eigenvalue weighted by molar-refractivity contribution is -0.130. The molecule has 0 heterocycles. The van der Waals surface area contributed by atoms with Crippen molar-refractivity contribution < 1.29 is 14.4 Å². The fraction of sp³-hybridized carbons (Fsp3) is 0.364. The molecule has 0 aliphatic heterocycles. The highest BCUT2D eigenvalue weighted by Crippen LogP contribution is 2.22. The molecule has 1 N–H and O–H groups in total. The van der Waals surface area contributed by atoms with Crippen LogP contribution in [0, 0.1) is 0 Å². The number of nitrogens with zero attached hydrogens (tertiary/aromatic N) is 1. The molecule has 0 aliphatic carbocycles. The van der Waals surface area contributed by atoms with Crippen LogP contribution in [0.1, 0.15) is 55.0 Å². The molecule has 0 saturated carbocycles. The molecule has 0 fully saturated rings. The molecule has 2 aromatic carbocycles. The number of amides is 1. The fourth-order valence-corrected chi connectivity index (χ4v) is 2.79. The minimum absolute atomic E-state index is 0.199. The van der Waals surface area contributed by atoms with Crippen molar-refractivity contribution >= 4 is 11.6 Å². The van der Waals surface area contributed by atoms with E-state index in [1.807, 2.05) is 31.2 Å². The van der Waals surface area contributed by atoms with Crippen molar-refractivity contribution in [2.75, 3.05) is 14.2 Å². The molecule has 2 rings (SSSR count). The highest BCUT2D eigenvalue weighted by atomic mass is 16.6. The molecule has 0 saturated heterocycles. The van der Waals surface area contributed by atoms with Crippen LogP contribution in [0.25, 0.3) is 0 Å². The van der Waals surface area contributed by atoms with Gasteiger partial charge in [-0.1, -0.05) is 67.5 Å². The predicted octanol–water partition coefficient (Wildman–Crippen LogP) is 4.18. The minimum atomic E-state index is -0.677. The van der Waals surface area contributed by atoms with E-state index in [2.05, 4.69) is 48.6 Å². The van der Waals surface area contributed by atoms with Crippen molar-refractivity contribution in [3.63, 3.8) is 0 Å². The number of hydrogen-bond donors (Lipinski definition) is 1. The second-order valence-corrected chi connectivity index (χ2v) is 6.66. The minimum Gasteiger partial charge on any atom is -0.391 e. The number of carbonyl (C=O) groups excluding carboxylic acids is 1. The lowest BCUT2D eigenvalue weighted by atomic mass is 10.0. The summed E-state index contributed by atoms with van der Waals surface area (Å²) in [6.07, 6.45) is -0.677. The van der Waals surface area contributed by atoms with E-state index >= 15 is 0 Å². The smallest absolute Gasteiger partial charge is 0.253 e. The molecule has 1 atom stereocenters. The molecule has 1 unspecified atom stereocenters. The Morgan fingerprint density at radius 1 is 1.11 bits per heavy atom. The van der Waals surface area contributed by atoms with E-state index < -0.39 is 6.10 Å². The SMILES string of the molecule is CNC(=O)C(OC)c1ccccc1CO/N=C(\C)c1ccc(C(C)C)cc1. The van der Waals surface area contributed by atoms with Gasteiger partial charge in [0.2, 0.25) is 0 Å². The fourth-order valence-electron chi connectivity index (χ4n) is 2.79. The molecular weight excluding hydrogens is 340 g/mol. The van der Waals surface area contributed by atoms with Crippen LogP contribution >= 0.6 is 0 Å². The van der Waals surface area contributed by atoms with E-state index in [9.17, 15) is 4.79 Å². The van der Waals surface area contributed by atoms with Crippen molar-refractivity contribution in [1.29, 1.82) is 0 Å². The lowest BCUT2D eigenvalue weighted by Gasteiger charge is -2.17. The van der Waals surface area contributed by atoms with Gasteiger partial charge < -0.3 is 14.9 Å². The molecule has 0 bridgehead atoms. The molecule has 0 spiro atoms. The number of nitrogens with one attached hydrogen (secondary N) is 1. The van der Waals surface area contributed by atoms with Crippen LogP contribution in [0.3, 0.4) is 0 Å². The predicted molar refractivity (Wildman–Crippen MR) is 108 cm³/mol. The summed E-state index contributed by atoms with van der Waals surface area (Å²) in [6, 6.07) is 15.9. The quantitative estimate of drug-likeness (QED) is 0.561. The van der Waals surface area contributed by atoms with E-state index in [1.165, 1.54) is 12.7 Å². The Labute approximate surface area is 161 Å². The van der Waals surface area contributed by atoms with E-state index in [1.54, 1.807) is 7.05 Å². The number of methoxy groups -OCH3 is 1. The molecule has 2 aromatic rings. The summed E-state index contributed by atoms with van der Waals surface area (Å²) in [5.74, 6) is 0.299. The van der Waals surface area contributed by atoms with Gasteiger partial charge in [-0.05, 0) is 35.1 Å². The van der Waals surface area contributed by atoms with Gasteiger partial charge in [-0.25, -0.2) is 0 Å². The first-order chi connectivity index (χ1) is 13.0. The number of benzene rings is 2. The van der Waals surface area contributed by atoms with Gasteiger partial charge in [0.25, 0.3) is 5.91 Å². The van der Waals surface area contributed by atoms with Gasteiger partial charge in [-0.3, -0.25) is 4.79 Å². The number of rotatable bonds is 8. The second kappa shape index (κ2) is 9.88. The van der Waals surface area contributed by atoms with Gasteiger partial charge in [0.15, 0.2) is 6.10 Å². The van der Waals surface area contributed by atoms with Crippen molar-refractivity contribution in [1.82, 2.24) is 5.32 Å². The summed E-state index contributed by atoms with van der Waals surface area (Å²) in [5.41, 5.74) is 4.75. The zero-order valence-corrected chi connectivity index (χ0v) is 16.7. The van der Waals surface area contributed by atoms with Gasteiger partial charge >= 0.3 is 0 Å². The van der Waals surface area contributed by atoms with E-state index in [0.29, 0.717) is 5.92 Å². The third-order valence-corrected chi connectivity index (χ3v) is 4.47. The summed E-state index contributed by atoms with van der Waals surface area (Å²) in [4.78, 5) is 17.6. The van der Waals surface area contributed by atoms with Gasteiger partial charge in [0.1, 0.15) is 6.61 Å². The maximum absolute atomic E-state index is 12.0. The van der Waals surface area contributed by atoms with Gasteiger partial charge in [-0.2, -0.15) is 0 Å². The number of likely N-dealkylation sites (N-methyl/N-ethyl adjacent to an activating group) is 1. The van der Waals surface area contributed by atoms with Crippen LogP contribution in [0.2, 0.25) is 0 Å². The van der Waals surface area contributed by atoms with Crippen LogP contribution in [-0.4, -0.2) is 25.8 Å². The molecule has 0 aliphatic rings. The molecule has 5 heteroatoms. The highest BCUT2D eigenvalue weighted by molar-refractivity contribution is 5.98. The monoisotopic (exact) mass is 368 g/mol. The van der Waals surface area contributed by atoms with E-state index in [0.717, 1.165) is 22.4 Å². The molecule has 0 radical (unpaired) electrons. The summed E-state index contributed by atoms with van der Waals surface area (Å²) < 4.78 is 5.35. The Morgan fingerprint density at radius 3 is 2.37 bits per heavy atom. The molecule has 27 heavy (non-hydrogen) atoms. The Hall–Kier alpha value is -2.66. The zero-order chi connectivity index (χ0) is 19.8. The summed E-state index contributed by atoms with van der Waals surface area (Å²) in [6.45, 7) is 6.51. The van der Waals surface area contributed by atoms with Crippen LogP contribution in [-0.2, 0) is 21.0 Å². The van der Waals surface area contributed by atoms with Crippen molar-refractivity contribution in [2.45, 2.75) is 39.4 Å². The van der Waals surface area contributed by atoms with Crippen molar-refractivity contribution in [2.24, 2.45) is 5.16 Å². The normalized spacial score (nSPS) is 12.7. The zero-order valence-electron chi connectivity index (χ0n) is 16.7. The Balaban J connectivity index is 2.10. The molecular formula is C22H28N2O3. The van der Waals surface area contributed by atoms with Gasteiger partial charge in [0, 0.05) is 14.2 Å². The summed E-state index contributed by atoms with van der Waals surface area (Å²) in [7, 11) is 3.10. The average molecular weight is 368 g/mol. The molecule has 144 valence electrons. The van der Waals surface area contributed by atoms with Gasteiger partial charge in [-0.15, -0.1) is 0 Å². The number of oxime groups is 1. The largest absolute Gasteiger partial charge is 0.391 e. The first kappa shape index (κ1) is 20.6. The maximum Gasteiger partial charge on any atom is 0.253 e. The highest BCUT2D eigenvalue weighted by Gasteiger charge is 2.21. The maximum atomic E-state index is 12.0. The first-order valence-electron chi connectivity index (χ1n) is 9.07. The van der Waals surface area contributed by atoms with Crippen LogP contribution in [0.15, 0.2) is 53.7 Å². The van der Waals surface area contributed by atoms with Crippen molar-refractivity contribution in [3.05, 3.63) is 70.8 Å². The third kappa shape index (κ3) is 5.41. The Kier molecular flexibility index (Phi) is 7.55. The summed E-state index contributed by atoms with van der Waals surface area (Å²) >= 11 is 0. The molecule has 5 nitrogen and oxygen atoms in total. The lowest BCUT2D eigenvalue weighted by Crippen LogP contribution is -2.27. The topological polar surface area (TPSA) is 59.9 Å². The Morgan fingerprint density at radius 2 is 1.78 bits per heavy atom. The second-order valence-electron chi connectivity index (χ2n) is 6.66. The first-order valence-corrected chi connectivity index (χ1v) is 9.07. The van der Waals surface area contributed by atoms with Crippen molar-refractivity contribution in [3.8, 4) is 0 Å². The Bertz CT molecular complexity index is 782. The van der Waals surface area contributed by atoms with E-state index in [4.69, 9.17) is 9.57 Å². The van der Waals surface area contributed by atoms with Crippen LogP contribution in [0.5, 0.6) is 0 Å². The standard InChI is InChI=1S/C22H28N2O3/c1-15(2)17-10-12-18(13-11-17)16(3)24-27-14-19-8-6-7-9-20(19)21(26-5)22(25)23-4/h6-13,15,21H,14H2,1-5H3,(H,23,25)/b24-16+. The number of carbonyl (C=O) groups is 1. The number of ether oxygens (including phenoxy) is 1. The third-order valence-electron chi connectivity index (χ3n) is 4.47.